The third-order valence-corrected chi connectivity index (χ3v) is 4.20. The Labute approximate surface area is 107 Å². The molecule has 0 aromatic heterocycles. The Hall–Kier alpha value is -1.14. The molecule has 6 heteroatoms. The first-order valence-corrected chi connectivity index (χ1v) is 5.87. The summed E-state index contributed by atoms with van der Waals surface area (Å²) in [6, 6.07) is 0. The highest BCUT2D eigenvalue weighted by molar-refractivity contribution is 5.74. The van der Waals surface area contributed by atoms with Crippen LogP contribution in [0.2, 0.25) is 0 Å². The van der Waals surface area contributed by atoms with E-state index in [4.69, 9.17) is 4.74 Å². The van der Waals surface area contributed by atoms with Crippen LogP contribution in [0, 0.1) is 11.3 Å². The van der Waals surface area contributed by atoms with Crippen LogP contribution in [0.5, 0.6) is 0 Å². The molecule has 0 radical (unpaired) electrons. The van der Waals surface area contributed by atoms with Crippen molar-refractivity contribution in [2.75, 3.05) is 13.3 Å². The maximum atomic E-state index is 11.9. The molecule has 0 bridgehead atoms. The van der Waals surface area contributed by atoms with Crippen LogP contribution in [0.15, 0.2) is 0 Å². The Morgan fingerprint density at radius 3 is 2.22 bits per heavy atom. The fourth-order valence-corrected chi connectivity index (χ4v) is 2.03. The standard InChI is InChI=1S/C12H21NO5/c1-8(14)17-7-18-10(15)9-6-13(16)12(4,5)11(9,2)3/h9,16H,6-7H2,1-5H3/t9-/m0/s1. The van der Waals surface area contributed by atoms with Gasteiger partial charge < -0.3 is 14.7 Å². The number of ether oxygens (including phenoxy) is 2. The highest BCUT2D eigenvalue weighted by Crippen LogP contribution is 2.48. The van der Waals surface area contributed by atoms with Crippen molar-refractivity contribution in [2.45, 2.75) is 40.2 Å². The van der Waals surface area contributed by atoms with E-state index in [0.29, 0.717) is 0 Å². The Morgan fingerprint density at radius 1 is 1.28 bits per heavy atom. The molecule has 0 unspecified atom stereocenters. The Morgan fingerprint density at radius 2 is 1.83 bits per heavy atom. The molecule has 1 aliphatic heterocycles. The van der Waals surface area contributed by atoms with E-state index >= 15 is 0 Å². The second-order valence-electron chi connectivity index (χ2n) is 5.63. The van der Waals surface area contributed by atoms with Crippen LogP contribution >= 0.6 is 0 Å². The molecule has 1 atom stereocenters. The third-order valence-electron chi connectivity index (χ3n) is 4.20. The Kier molecular flexibility index (Phi) is 4.02. The molecular formula is C12H21NO5. The second-order valence-corrected chi connectivity index (χ2v) is 5.63. The third kappa shape index (κ3) is 2.49. The molecule has 6 nitrogen and oxygen atoms in total. The molecule has 0 aromatic carbocycles. The lowest BCUT2D eigenvalue weighted by molar-refractivity contribution is -0.170. The zero-order chi connectivity index (χ0) is 14.1. The average Bonchev–Trinajstić information content (AvgIpc) is 2.38. The van der Waals surface area contributed by atoms with Gasteiger partial charge in [-0.15, -0.1) is 0 Å². The van der Waals surface area contributed by atoms with Gasteiger partial charge in [0.05, 0.1) is 5.92 Å². The molecule has 1 fully saturated rings. The first kappa shape index (κ1) is 14.9. The van der Waals surface area contributed by atoms with Crippen LogP contribution < -0.4 is 0 Å². The van der Waals surface area contributed by atoms with Gasteiger partial charge in [0.25, 0.3) is 0 Å². The first-order valence-electron chi connectivity index (χ1n) is 5.87. The van der Waals surface area contributed by atoms with Crippen LogP contribution in [0.3, 0.4) is 0 Å². The van der Waals surface area contributed by atoms with Crippen molar-refractivity contribution in [2.24, 2.45) is 11.3 Å². The van der Waals surface area contributed by atoms with Crippen LogP contribution in [-0.2, 0) is 19.1 Å². The van der Waals surface area contributed by atoms with Gasteiger partial charge in [0.2, 0.25) is 6.79 Å². The van der Waals surface area contributed by atoms with Gasteiger partial charge in [0.15, 0.2) is 0 Å². The van der Waals surface area contributed by atoms with Crippen molar-refractivity contribution >= 4 is 11.9 Å². The Balaban J connectivity index is 2.67. The van der Waals surface area contributed by atoms with E-state index in [2.05, 4.69) is 4.74 Å². The number of hydrogen-bond donors (Lipinski definition) is 1. The minimum atomic E-state index is -0.530. The van der Waals surface area contributed by atoms with Crippen molar-refractivity contribution in [1.82, 2.24) is 5.06 Å². The summed E-state index contributed by atoms with van der Waals surface area (Å²) in [6.45, 7) is 8.61. The van der Waals surface area contributed by atoms with Gasteiger partial charge in [-0.2, -0.15) is 5.06 Å². The maximum Gasteiger partial charge on any atom is 0.313 e. The van der Waals surface area contributed by atoms with Crippen LogP contribution in [0.4, 0.5) is 0 Å². The number of carbonyl (C=O) groups excluding carboxylic acids is 2. The fraction of sp³-hybridized carbons (Fsp3) is 0.833. The number of hydrogen-bond acceptors (Lipinski definition) is 6. The van der Waals surface area contributed by atoms with Gasteiger partial charge in [-0.05, 0) is 19.3 Å². The van der Waals surface area contributed by atoms with E-state index in [1.807, 2.05) is 27.7 Å². The minimum absolute atomic E-state index is 0.207. The minimum Gasteiger partial charge on any atom is -0.428 e. The van der Waals surface area contributed by atoms with Gasteiger partial charge in [-0.25, -0.2) is 0 Å². The van der Waals surface area contributed by atoms with Crippen molar-refractivity contribution in [1.29, 1.82) is 0 Å². The molecule has 1 rings (SSSR count). The molecular weight excluding hydrogens is 238 g/mol. The second kappa shape index (κ2) is 4.85. The summed E-state index contributed by atoms with van der Waals surface area (Å²) >= 11 is 0. The normalized spacial score (nSPS) is 25.8. The summed E-state index contributed by atoms with van der Waals surface area (Å²) in [7, 11) is 0. The highest BCUT2D eigenvalue weighted by atomic mass is 16.7. The summed E-state index contributed by atoms with van der Waals surface area (Å²) in [5.74, 6) is -1.43. The van der Waals surface area contributed by atoms with E-state index in [9.17, 15) is 14.8 Å². The van der Waals surface area contributed by atoms with Gasteiger partial charge in [0, 0.05) is 19.0 Å². The van der Waals surface area contributed by atoms with Gasteiger partial charge >= 0.3 is 11.9 Å². The SMILES string of the molecule is CC(=O)OCOC(=O)[C@@H]1CN(O)C(C)(C)C1(C)C. The molecule has 18 heavy (non-hydrogen) atoms. The van der Waals surface area contributed by atoms with E-state index < -0.39 is 28.8 Å². The molecule has 0 saturated carbocycles. The molecule has 0 aromatic rings. The van der Waals surface area contributed by atoms with Crippen molar-refractivity contribution in [3.8, 4) is 0 Å². The van der Waals surface area contributed by atoms with Crippen LogP contribution in [-0.4, -0.2) is 41.1 Å². The largest absolute Gasteiger partial charge is 0.428 e. The topological polar surface area (TPSA) is 76.1 Å². The summed E-state index contributed by atoms with van der Waals surface area (Å²) in [5, 5.41) is 11.0. The lowest BCUT2D eigenvalue weighted by Crippen LogP contribution is -2.46. The number of carbonyl (C=O) groups is 2. The lowest BCUT2D eigenvalue weighted by atomic mass is 9.70. The Bertz CT molecular complexity index is 350. The van der Waals surface area contributed by atoms with E-state index in [-0.39, 0.29) is 13.3 Å². The summed E-state index contributed by atoms with van der Waals surface area (Å²) in [4.78, 5) is 22.5. The number of hydroxylamine groups is 2. The smallest absolute Gasteiger partial charge is 0.313 e. The summed E-state index contributed by atoms with van der Waals surface area (Å²) in [6.07, 6.45) is 0. The van der Waals surface area contributed by atoms with Gasteiger partial charge in [0.1, 0.15) is 0 Å². The van der Waals surface area contributed by atoms with Crippen molar-refractivity contribution in [3.63, 3.8) is 0 Å². The molecule has 1 aliphatic rings. The van der Waals surface area contributed by atoms with Crippen LogP contribution in [0.25, 0.3) is 0 Å². The van der Waals surface area contributed by atoms with Crippen LogP contribution in [0.1, 0.15) is 34.6 Å². The van der Waals surface area contributed by atoms with Gasteiger partial charge in [-0.3, -0.25) is 9.59 Å². The monoisotopic (exact) mass is 259 g/mol. The number of esters is 2. The fourth-order valence-electron chi connectivity index (χ4n) is 2.03. The molecule has 1 heterocycles. The molecule has 0 spiro atoms. The zero-order valence-electron chi connectivity index (χ0n) is 11.5. The molecule has 1 saturated heterocycles. The quantitative estimate of drug-likeness (QED) is 0.606. The molecule has 0 aliphatic carbocycles. The van der Waals surface area contributed by atoms with Gasteiger partial charge in [-0.1, -0.05) is 13.8 Å². The molecule has 1 N–H and O–H groups in total. The molecule has 104 valence electrons. The van der Waals surface area contributed by atoms with E-state index in [1.165, 1.54) is 6.92 Å². The molecule has 0 amide bonds. The van der Waals surface area contributed by atoms with E-state index in [1.54, 1.807) is 0 Å². The average molecular weight is 259 g/mol. The van der Waals surface area contributed by atoms with Crippen molar-refractivity contribution < 1.29 is 24.3 Å². The van der Waals surface area contributed by atoms with E-state index in [0.717, 1.165) is 5.06 Å². The maximum absolute atomic E-state index is 11.9. The summed E-state index contributed by atoms with van der Waals surface area (Å²) in [5.41, 5.74) is -0.979. The zero-order valence-corrected chi connectivity index (χ0v) is 11.5. The predicted octanol–water partition coefficient (Wildman–Crippen LogP) is 1.18. The van der Waals surface area contributed by atoms with Crippen molar-refractivity contribution in [3.05, 3.63) is 0 Å². The predicted molar refractivity (Wildman–Crippen MR) is 62.6 cm³/mol. The lowest BCUT2D eigenvalue weighted by Gasteiger charge is -2.39. The number of rotatable bonds is 3. The summed E-state index contributed by atoms with van der Waals surface area (Å²) < 4.78 is 9.46. The highest BCUT2D eigenvalue weighted by Gasteiger charge is 2.56. The number of nitrogens with zero attached hydrogens (tertiary/aromatic N) is 1. The first-order chi connectivity index (χ1) is 8.10.